The van der Waals surface area contributed by atoms with Crippen molar-refractivity contribution < 1.29 is 4.39 Å². The average molecular weight is 420 g/mol. The number of nitrogen functional groups attached to an aromatic ring is 1. The minimum atomic E-state index is -0.381. The molecule has 1 atom stereocenters. The maximum Gasteiger partial charge on any atom is 0.150 e. The fourth-order valence-electron chi connectivity index (χ4n) is 3.32. The molecule has 0 fully saturated rings. The first-order valence-corrected chi connectivity index (χ1v) is 9.34. The second-order valence-electron chi connectivity index (χ2n) is 6.59. The highest BCUT2D eigenvalue weighted by atomic mass is 35.5. The Bertz CT molecular complexity index is 1300. The Labute approximate surface area is 176 Å². The van der Waals surface area contributed by atoms with Crippen LogP contribution in [-0.4, -0.2) is 20.2 Å². The van der Waals surface area contributed by atoms with E-state index in [2.05, 4.69) is 25.5 Å². The quantitative estimate of drug-likeness (QED) is 0.500. The third-order valence-electron chi connectivity index (χ3n) is 4.71. The molecule has 0 aliphatic rings. The highest BCUT2D eigenvalue weighted by Gasteiger charge is 2.21. The van der Waals surface area contributed by atoms with Gasteiger partial charge in [0.1, 0.15) is 40.9 Å². The van der Waals surface area contributed by atoms with Crippen LogP contribution in [0.2, 0.25) is 5.02 Å². The minimum Gasteiger partial charge on any atom is -0.382 e. The smallest absolute Gasteiger partial charge is 0.150 e. The molecule has 2 heterocycles. The molecule has 7 nitrogen and oxygen atoms in total. The van der Waals surface area contributed by atoms with E-state index in [1.165, 1.54) is 18.5 Å². The molecule has 0 aliphatic carbocycles. The van der Waals surface area contributed by atoms with Crippen molar-refractivity contribution >= 4 is 34.1 Å². The molecule has 0 unspecified atom stereocenters. The van der Waals surface area contributed by atoms with Crippen LogP contribution in [-0.2, 0) is 0 Å². The van der Waals surface area contributed by atoms with E-state index in [4.69, 9.17) is 17.3 Å². The van der Waals surface area contributed by atoms with E-state index < -0.39 is 0 Å². The molecule has 3 N–H and O–H groups in total. The summed E-state index contributed by atoms with van der Waals surface area (Å²) in [7, 11) is 0. The Morgan fingerprint density at radius 1 is 1.23 bits per heavy atom. The first-order chi connectivity index (χ1) is 14.5. The number of hydrogen-bond acceptors (Lipinski definition) is 7. The van der Waals surface area contributed by atoms with Gasteiger partial charge >= 0.3 is 0 Å². The predicted octanol–water partition coefficient (Wildman–Crippen LogP) is 4.51. The lowest BCUT2D eigenvalue weighted by molar-refractivity contribution is 0.628. The number of nitrogens with two attached hydrogens (primary N) is 1. The zero-order chi connectivity index (χ0) is 21.3. The number of aromatic nitrogens is 4. The lowest BCUT2D eigenvalue weighted by atomic mass is 9.92. The molecule has 0 radical (unpaired) electrons. The Morgan fingerprint density at radius 2 is 2.07 bits per heavy atom. The SMILES string of the molecule is C[C@H](Nc1ncnc(N)c1C#N)c1cc(Cl)c2ccnnc2c1-c1cccc(F)c1. The van der Waals surface area contributed by atoms with E-state index in [0.717, 1.165) is 5.56 Å². The summed E-state index contributed by atoms with van der Waals surface area (Å²) in [4.78, 5) is 7.98. The van der Waals surface area contributed by atoms with Gasteiger partial charge in [0, 0.05) is 10.9 Å². The number of nitriles is 1. The van der Waals surface area contributed by atoms with Gasteiger partial charge in [0.2, 0.25) is 0 Å². The lowest BCUT2D eigenvalue weighted by Crippen LogP contribution is -2.12. The lowest BCUT2D eigenvalue weighted by Gasteiger charge is -2.21. The Hall–Kier alpha value is -3.83. The van der Waals surface area contributed by atoms with Crippen LogP contribution in [0.15, 0.2) is 48.9 Å². The van der Waals surface area contributed by atoms with Crippen LogP contribution < -0.4 is 11.1 Å². The van der Waals surface area contributed by atoms with Crippen molar-refractivity contribution in [1.29, 1.82) is 5.26 Å². The zero-order valence-electron chi connectivity index (χ0n) is 15.8. The second kappa shape index (κ2) is 7.89. The van der Waals surface area contributed by atoms with Gasteiger partial charge in [-0.05, 0) is 42.3 Å². The number of anilines is 2. The number of nitrogens with zero attached hydrogens (tertiary/aromatic N) is 5. The Morgan fingerprint density at radius 3 is 2.83 bits per heavy atom. The third-order valence-corrected chi connectivity index (χ3v) is 5.02. The molecule has 0 amide bonds. The van der Waals surface area contributed by atoms with E-state index in [-0.39, 0.29) is 29.1 Å². The van der Waals surface area contributed by atoms with Crippen LogP contribution in [0.4, 0.5) is 16.0 Å². The summed E-state index contributed by atoms with van der Waals surface area (Å²) in [5, 5.41) is 22.0. The largest absolute Gasteiger partial charge is 0.382 e. The Kier molecular flexibility index (Phi) is 5.12. The first kappa shape index (κ1) is 19.5. The van der Waals surface area contributed by atoms with Gasteiger partial charge in [-0.2, -0.15) is 10.4 Å². The molecule has 9 heteroatoms. The fraction of sp³-hybridized carbons (Fsp3) is 0.0952. The topological polar surface area (TPSA) is 113 Å². The van der Waals surface area contributed by atoms with Crippen molar-refractivity contribution in [3.05, 3.63) is 70.9 Å². The van der Waals surface area contributed by atoms with Gasteiger partial charge in [0.25, 0.3) is 0 Å². The van der Waals surface area contributed by atoms with Crippen molar-refractivity contribution in [2.24, 2.45) is 0 Å². The number of benzene rings is 2. The molecule has 148 valence electrons. The van der Waals surface area contributed by atoms with E-state index >= 15 is 0 Å². The zero-order valence-corrected chi connectivity index (χ0v) is 16.5. The normalized spacial score (nSPS) is 11.8. The highest BCUT2D eigenvalue weighted by Crippen LogP contribution is 2.39. The molecule has 0 aliphatic heterocycles. The molecule has 0 spiro atoms. The summed E-state index contributed by atoms with van der Waals surface area (Å²) < 4.78 is 14.0. The fourth-order valence-corrected chi connectivity index (χ4v) is 3.59. The van der Waals surface area contributed by atoms with Crippen LogP contribution in [0.3, 0.4) is 0 Å². The molecule has 30 heavy (non-hydrogen) atoms. The molecule has 4 rings (SSSR count). The predicted molar refractivity (Wildman–Crippen MR) is 113 cm³/mol. The van der Waals surface area contributed by atoms with E-state index in [9.17, 15) is 9.65 Å². The highest BCUT2D eigenvalue weighted by molar-refractivity contribution is 6.36. The standard InChI is InChI=1S/C21H15ClFN7/c1-11(29-21-16(9-24)20(25)26-10-27-21)15-8-17(22)14-5-6-28-30-19(14)18(15)12-3-2-4-13(23)7-12/h2-8,10-11H,1H3,(H3,25,26,27,29)/t11-/m0/s1. The van der Waals surface area contributed by atoms with Crippen molar-refractivity contribution in [2.75, 3.05) is 11.1 Å². The van der Waals surface area contributed by atoms with Gasteiger partial charge in [0.15, 0.2) is 0 Å². The van der Waals surface area contributed by atoms with Gasteiger partial charge in [-0.25, -0.2) is 14.4 Å². The van der Waals surface area contributed by atoms with Crippen molar-refractivity contribution in [3.8, 4) is 17.2 Å². The molecule has 4 aromatic rings. The van der Waals surface area contributed by atoms with Gasteiger partial charge in [-0.1, -0.05) is 23.7 Å². The average Bonchev–Trinajstić information content (AvgIpc) is 2.74. The second-order valence-corrected chi connectivity index (χ2v) is 6.99. The minimum absolute atomic E-state index is 0.0787. The summed E-state index contributed by atoms with van der Waals surface area (Å²) in [6, 6.07) is 11.4. The van der Waals surface area contributed by atoms with Crippen LogP contribution in [0.25, 0.3) is 22.0 Å². The van der Waals surface area contributed by atoms with Crippen LogP contribution >= 0.6 is 11.6 Å². The maximum absolute atomic E-state index is 14.0. The van der Waals surface area contributed by atoms with E-state index in [0.29, 0.717) is 27.1 Å². The number of fused-ring (bicyclic) bond motifs is 1. The number of rotatable bonds is 4. The van der Waals surface area contributed by atoms with Gasteiger partial charge < -0.3 is 11.1 Å². The van der Waals surface area contributed by atoms with Gasteiger partial charge in [-0.3, -0.25) is 0 Å². The molecule has 0 saturated heterocycles. The first-order valence-electron chi connectivity index (χ1n) is 8.96. The molecule has 2 aromatic heterocycles. The van der Waals surface area contributed by atoms with Gasteiger partial charge in [-0.15, -0.1) is 5.10 Å². The van der Waals surface area contributed by atoms with Crippen molar-refractivity contribution in [2.45, 2.75) is 13.0 Å². The van der Waals surface area contributed by atoms with Gasteiger partial charge in [0.05, 0.1) is 17.3 Å². The van der Waals surface area contributed by atoms with Crippen molar-refractivity contribution in [3.63, 3.8) is 0 Å². The molecule has 0 saturated carbocycles. The molecule has 2 aromatic carbocycles. The summed E-state index contributed by atoms with van der Waals surface area (Å²) in [6.07, 6.45) is 2.82. The number of halogens is 2. The third kappa shape index (κ3) is 3.47. The van der Waals surface area contributed by atoms with E-state index in [1.807, 2.05) is 13.0 Å². The van der Waals surface area contributed by atoms with Crippen LogP contribution in [0.1, 0.15) is 24.1 Å². The molecular weight excluding hydrogens is 405 g/mol. The van der Waals surface area contributed by atoms with E-state index in [1.54, 1.807) is 30.5 Å². The summed E-state index contributed by atoms with van der Waals surface area (Å²) in [5.41, 5.74) is 8.52. The summed E-state index contributed by atoms with van der Waals surface area (Å²) in [6.45, 7) is 1.87. The summed E-state index contributed by atoms with van der Waals surface area (Å²) in [5.74, 6) is -0.00517. The molecule has 0 bridgehead atoms. The number of nitrogens with one attached hydrogen (secondary N) is 1. The molecular formula is C21H15ClFN7. The maximum atomic E-state index is 14.0. The summed E-state index contributed by atoms with van der Waals surface area (Å²) >= 11 is 6.52. The number of hydrogen-bond donors (Lipinski definition) is 2. The monoisotopic (exact) mass is 419 g/mol. The van der Waals surface area contributed by atoms with Crippen LogP contribution in [0.5, 0.6) is 0 Å². The van der Waals surface area contributed by atoms with Crippen LogP contribution in [0, 0.1) is 17.1 Å². The van der Waals surface area contributed by atoms with Crippen molar-refractivity contribution in [1.82, 2.24) is 20.2 Å². The Balaban J connectivity index is 1.92.